The van der Waals surface area contributed by atoms with Crippen LogP contribution in [0, 0.1) is 6.92 Å². The van der Waals surface area contributed by atoms with Gasteiger partial charge in [0.15, 0.2) is 0 Å². The van der Waals surface area contributed by atoms with Gasteiger partial charge in [-0.15, -0.1) is 0 Å². The number of nitrogens with one attached hydrogen (secondary N) is 2. The molecule has 0 bridgehead atoms. The Kier molecular flexibility index (Phi) is 4.78. The van der Waals surface area contributed by atoms with Crippen molar-refractivity contribution in [2.75, 3.05) is 22.7 Å². The molecular weight excluding hydrogens is 374 g/mol. The summed E-state index contributed by atoms with van der Waals surface area (Å²) in [5.74, 6) is -0.236. The van der Waals surface area contributed by atoms with Gasteiger partial charge in [0.25, 0.3) is 5.91 Å². The van der Waals surface area contributed by atoms with Gasteiger partial charge in [-0.1, -0.05) is 30.3 Å². The van der Waals surface area contributed by atoms with Crippen LogP contribution in [-0.2, 0) is 10.2 Å². The van der Waals surface area contributed by atoms with Crippen molar-refractivity contribution in [3.05, 3.63) is 71.8 Å². The standard InChI is InChI=1S/C21H21N3O3S/c1-15-5-2-7-19-18(15)6-3-8-20(19)23-21(25)16-9-11-17(12-10-16)24-14-4-13-22-28(24,26)27/h2-3,5-12,22H,4,13-14H2,1H3,(H,23,25). The average Bonchev–Trinajstić information content (AvgIpc) is 2.69. The molecule has 0 saturated carbocycles. The lowest BCUT2D eigenvalue weighted by Crippen LogP contribution is -2.47. The molecule has 2 N–H and O–H groups in total. The predicted octanol–water partition coefficient (Wildman–Crippen LogP) is 3.45. The summed E-state index contributed by atoms with van der Waals surface area (Å²) < 4.78 is 28.1. The monoisotopic (exact) mass is 395 g/mol. The van der Waals surface area contributed by atoms with Crippen LogP contribution in [-0.4, -0.2) is 27.4 Å². The minimum atomic E-state index is -3.50. The zero-order valence-electron chi connectivity index (χ0n) is 15.5. The summed E-state index contributed by atoms with van der Waals surface area (Å²) in [7, 11) is -3.50. The average molecular weight is 395 g/mol. The topological polar surface area (TPSA) is 78.5 Å². The highest BCUT2D eigenvalue weighted by molar-refractivity contribution is 7.90. The normalized spacial score (nSPS) is 16.1. The van der Waals surface area contributed by atoms with Crippen molar-refractivity contribution in [1.29, 1.82) is 0 Å². The SMILES string of the molecule is Cc1cccc2c(NC(=O)c3ccc(N4CCCNS4(=O)=O)cc3)cccc12. The van der Waals surface area contributed by atoms with Crippen molar-refractivity contribution in [3.63, 3.8) is 0 Å². The molecule has 0 atom stereocenters. The van der Waals surface area contributed by atoms with Crippen LogP contribution in [0.3, 0.4) is 0 Å². The molecule has 6 nitrogen and oxygen atoms in total. The van der Waals surface area contributed by atoms with Crippen molar-refractivity contribution in [3.8, 4) is 0 Å². The van der Waals surface area contributed by atoms with Gasteiger partial charge >= 0.3 is 10.2 Å². The Morgan fingerprint density at radius 3 is 2.46 bits per heavy atom. The molecule has 1 fully saturated rings. The molecule has 28 heavy (non-hydrogen) atoms. The summed E-state index contributed by atoms with van der Waals surface area (Å²) >= 11 is 0. The van der Waals surface area contributed by atoms with Crippen LogP contribution in [0.25, 0.3) is 10.8 Å². The Balaban J connectivity index is 1.57. The van der Waals surface area contributed by atoms with Gasteiger partial charge in [0.2, 0.25) is 0 Å². The molecule has 1 amide bonds. The first kappa shape index (κ1) is 18.5. The highest BCUT2D eigenvalue weighted by Crippen LogP contribution is 2.27. The summed E-state index contributed by atoms with van der Waals surface area (Å²) in [4.78, 5) is 12.7. The van der Waals surface area contributed by atoms with Gasteiger partial charge in [-0.3, -0.25) is 9.10 Å². The van der Waals surface area contributed by atoms with E-state index in [0.717, 1.165) is 28.4 Å². The predicted molar refractivity (Wildman–Crippen MR) is 112 cm³/mol. The number of aryl methyl sites for hydroxylation is 1. The third-order valence-corrected chi connectivity index (χ3v) is 6.46. The first-order valence-corrected chi connectivity index (χ1v) is 10.6. The smallest absolute Gasteiger partial charge is 0.301 e. The van der Waals surface area contributed by atoms with Gasteiger partial charge in [0, 0.05) is 29.7 Å². The molecule has 1 aliphatic heterocycles. The van der Waals surface area contributed by atoms with Crippen molar-refractivity contribution >= 4 is 38.3 Å². The Morgan fingerprint density at radius 2 is 1.71 bits per heavy atom. The molecule has 0 aromatic heterocycles. The third kappa shape index (κ3) is 3.46. The van der Waals surface area contributed by atoms with Crippen LogP contribution in [0.4, 0.5) is 11.4 Å². The minimum Gasteiger partial charge on any atom is -0.321 e. The number of carbonyl (C=O) groups excluding carboxylic acids is 1. The van der Waals surface area contributed by atoms with Crippen molar-refractivity contribution in [2.45, 2.75) is 13.3 Å². The first-order valence-electron chi connectivity index (χ1n) is 9.13. The van der Waals surface area contributed by atoms with Crippen LogP contribution >= 0.6 is 0 Å². The number of hydrogen-bond donors (Lipinski definition) is 2. The fourth-order valence-corrected chi connectivity index (χ4v) is 4.77. The van der Waals surface area contributed by atoms with Gasteiger partial charge in [-0.05, 0) is 54.6 Å². The summed E-state index contributed by atoms with van der Waals surface area (Å²) in [6.45, 7) is 2.91. The molecule has 1 aliphatic rings. The first-order chi connectivity index (χ1) is 13.5. The lowest BCUT2D eigenvalue weighted by Gasteiger charge is -2.28. The lowest BCUT2D eigenvalue weighted by molar-refractivity contribution is 0.102. The maximum Gasteiger partial charge on any atom is 0.301 e. The second-order valence-corrected chi connectivity index (χ2v) is 8.48. The molecular formula is C21H21N3O3S. The molecule has 7 heteroatoms. The van der Waals surface area contributed by atoms with E-state index in [1.807, 2.05) is 43.3 Å². The zero-order chi connectivity index (χ0) is 19.7. The van der Waals surface area contributed by atoms with Crippen LogP contribution < -0.4 is 14.3 Å². The number of hydrogen-bond acceptors (Lipinski definition) is 3. The highest BCUT2D eigenvalue weighted by atomic mass is 32.2. The van der Waals surface area contributed by atoms with Crippen LogP contribution in [0.5, 0.6) is 0 Å². The molecule has 3 aromatic carbocycles. The molecule has 3 aromatic rings. The zero-order valence-corrected chi connectivity index (χ0v) is 16.3. The van der Waals surface area contributed by atoms with Crippen molar-refractivity contribution in [2.24, 2.45) is 0 Å². The maximum absolute atomic E-state index is 12.7. The Hall–Kier alpha value is -2.90. The van der Waals surface area contributed by atoms with E-state index in [2.05, 4.69) is 10.0 Å². The van der Waals surface area contributed by atoms with E-state index in [1.54, 1.807) is 24.3 Å². The highest BCUT2D eigenvalue weighted by Gasteiger charge is 2.25. The number of fused-ring (bicyclic) bond motifs is 1. The number of amides is 1. The second-order valence-electron chi connectivity index (χ2n) is 6.80. The minimum absolute atomic E-state index is 0.236. The number of nitrogens with zero attached hydrogens (tertiary/aromatic N) is 1. The number of benzene rings is 3. The number of carbonyl (C=O) groups is 1. The van der Waals surface area contributed by atoms with E-state index in [1.165, 1.54) is 4.31 Å². The van der Waals surface area contributed by atoms with Gasteiger partial charge in [0.1, 0.15) is 0 Å². The quantitative estimate of drug-likeness (QED) is 0.713. The van der Waals surface area contributed by atoms with Crippen LogP contribution in [0.15, 0.2) is 60.7 Å². The Bertz CT molecular complexity index is 1140. The molecule has 1 heterocycles. The second kappa shape index (κ2) is 7.26. The molecule has 0 radical (unpaired) electrons. The van der Waals surface area contributed by atoms with E-state index in [-0.39, 0.29) is 5.91 Å². The van der Waals surface area contributed by atoms with Crippen LogP contribution in [0.2, 0.25) is 0 Å². The molecule has 4 rings (SSSR count). The van der Waals surface area contributed by atoms with E-state index in [0.29, 0.717) is 24.3 Å². The number of anilines is 2. The molecule has 0 spiro atoms. The molecule has 144 valence electrons. The van der Waals surface area contributed by atoms with Crippen molar-refractivity contribution in [1.82, 2.24) is 4.72 Å². The largest absolute Gasteiger partial charge is 0.321 e. The van der Waals surface area contributed by atoms with Gasteiger partial charge < -0.3 is 5.32 Å². The summed E-state index contributed by atoms with van der Waals surface area (Å²) in [6.07, 6.45) is 0.738. The van der Waals surface area contributed by atoms with Gasteiger partial charge in [-0.2, -0.15) is 13.1 Å². The third-order valence-electron chi connectivity index (χ3n) is 4.92. The fraction of sp³-hybridized carbons (Fsp3) is 0.190. The summed E-state index contributed by atoms with van der Waals surface area (Å²) in [5.41, 5.74) is 2.91. The van der Waals surface area contributed by atoms with Crippen molar-refractivity contribution < 1.29 is 13.2 Å². The van der Waals surface area contributed by atoms with E-state index >= 15 is 0 Å². The lowest BCUT2D eigenvalue weighted by atomic mass is 10.0. The summed E-state index contributed by atoms with van der Waals surface area (Å²) in [6, 6.07) is 18.4. The molecule has 0 aliphatic carbocycles. The summed E-state index contributed by atoms with van der Waals surface area (Å²) in [5, 5.41) is 5.04. The fourth-order valence-electron chi connectivity index (χ4n) is 3.44. The van der Waals surface area contributed by atoms with Crippen LogP contribution in [0.1, 0.15) is 22.3 Å². The van der Waals surface area contributed by atoms with Gasteiger partial charge in [0.05, 0.1) is 5.69 Å². The van der Waals surface area contributed by atoms with E-state index < -0.39 is 10.2 Å². The Morgan fingerprint density at radius 1 is 1.00 bits per heavy atom. The maximum atomic E-state index is 12.7. The number of rotatable bonds is 3. The van der Waals surface area contributed by atoms with E-state index in [4.69, 9.17) is 0 Å². The van der Waals surface area contributed by atoms with E-state index in [9.17, 15) is 13.2 Å². The van der Waals surface area contributed by atoms with Gasteiger partial charge in [-0.25, -0.2) is 0 Å². The Labute approximate surface area is 164 Å². The molecule has 1 saturated heterocycles. The molecule has 0 unspecified atom stereocenters.